The molecule has 1 saturated heterocycles. The van der Waals surface area contributed by atoms with Gasteiger partial charge in [-0.25, -0.2) is 0 Å². The van der Waals surface area contributed by atoms with E-state index in [-0.39, 0.29) is 6.10 Å². The van der Waals surface area contributed by atoms with Crippen molar-refractivity contribution >= 4 is 5.82 Å². The highest BCUT2D eigenvalue weighted by molar-refractivity contribution is 5.35. The Hall–Kier alpha value is -2.14. The Kier molecular flexibility index (Phi) is 5.64. The smallest absolute Gasteiger partial charge is 0.234 e. The van der Waals surface area contributed by atoms with Gasteiger partial charge >= 0.3 is 0 Å². The van der Waals surface area contributed by atoms with Crippen molar-refractivity contribution in [2.45, 2.75) is 38.8 Å². The molecular formula is C19H25N3O2. The van der Waals surface area contributed by atoms with Crippen LogP contribution >= 0.6 is 0 Å². The maximum Gasteiger partial charge on any atom is 0.234 e. The number of hydrogen-bond acceptors (Lipinski definition) is 5. The van der Waals surface area contributed by atoms with Gasteiger partial charge in [-0.05, 0) is 24.3 Å². The quantitative estimate of drug-likeness (QED) is 0.873. The fraction of sp³-hybridized carbons (Fsp3) is 0.474. The zero-order valence-electron chi connectivity index (χ0n) is 14.3. The minimum atomic E-state index is 0.130. The highest BCUT2D eigenvalue weighted by Crippen LogP contribution is 2.29. The SMILES string of the molecule is CC(C)COc1cncc(NC2CCOC(c3ccccc3)C2)n1. The summed E-state index contributed by atoms with van der Waals surface area (Å²) in [6.07, 6.45) is 5.41. The number of nitrogens with one attached hydrogen (secondary N) is 1. The first-order valence-electron chi connectivity index (χ1n) is 8.58. The van der Waals surface area contributed by atoms with Crippen LogP contribution in [0.4, 0.5) is 5.82 Å². The van der Waals surface area contributed by atoms with Crippen molar-refractivity contribution in [2.75, 3.05) is 18.5 Å². The van der Waals surface area contributed by atoms with E-state index in [2.05, 4.69) is 53.4 Å². The summed E-state index contributed by atoms with van der Waals surface area (Å²) in [5.41, 5.74) is 1.23. The number of anilines is 1. The summed E-state index contributed by atoms with van der Waals surface area (Å²) in [6.45, 7) is 5.61. The van der Waals surface area contributed by atoms with Gasteiger partial charge in [0.2, 0.25) is 5.88 Å². The minimum absolute atomic E-state index is 0.130. The van der Waals surface area contributed by atoms with Crippen molar-refractivity contribution in [3.8, 4) is 5.88 Å². The van der Waals surface area contributed by atoms with Gasteiger partial charge in [-0.15, -0.1) is 0 Å². The molecule has 0 aliphatic carbocycles. The lowest BCUT2D eigenvalue weighted by atomic mass is 9.97. The molecule has 5 nitrogen and oxygen atoms in total. The second kappa shape index (κ2) is 8.11. The maximum absolute atomic E-state index is 5.92. The van der Waals surface area contributed by atoms with Crippen LogP contribution in [0.3, 0.4) is 0 Å². The molecule has 0 radical (unpaired) electrons. The van der Waals surface area contributed by atoms with Crippen LogP contribution < -0.4 is 10.1 Å². The van der Waals surface area contributed by atoms with Crippen LogP contribution in [0.25, 0.3) is 0 Å². The molecule has 1 aliphatic heterocycles. The van der Waals surface area contributed by atoms with E-state index in [1.165, 1.54) is 5.56 Å². The second-order valence-corrected chi connectivity index (χ2v) is 6.58. The third kappa shape index (κ3) is 4.68. The molecule has 0 spiro atoms. The molecule has 0 bridgehead atoms. The molecule has 2 aromatic rings. The van der Waals surface area contributed by atoms with Crippen LogP contribution in [0.1, 0.15) is 38.4 Å². The molecule has 5 heteroatoms. The van der Waals surface area contributed by atoms with Gasteiger partial charge in [-0.3, -0.25) is 4.98 Å². The number of ether oxygens (including phenoxy) is 2. The lowest BCUT2D eigenvalue weighted by molar-refractivity contribution is 0.00973. The van der Waals surface area contributed by atoms with Crippen molar-refractivity contribution in [1.82, 2.24) is 9.97 Å². The Balaban J connectivity index is 1.60. The molecule has 1 aromatic heterocycles. The van der Waals surface area contributed by atoms with E-state index in [0.29, 0.717) is 24.4 Å². The predicted molar refractivity (Wildman–Crippen MR) is 94.1 cm³/mol. The van der Waals surface area contributed by atoms with Crippen LogP contribution in [0.15, 0.2) is 42.7 Å². The Morgan fingerprint density at radius 1 is 1.25 bits per heavy atom. The Bertz CT molecular complexity index is 634. The number of hydrogen-bond donors (Lipinski definition) is 1. The van der Waals surface area contributed by atoms with Gasteiger partial charge in [0.1, 0.15) is 5.82 Å². The lowest BCUT2D eigenvalue weighted by Crippen LogP contribution is -2.30. The van der Waals surface area contributed by atoms with Crippen LogP contribution in [0.2, 0.25) is 0 Å². The molecule has 128 valence electrons. The summed E-state index contributed by atoms with van der Waals surface area (Å²) in [5.74, 6) is 1.79. The van der Waals surface area contributed by atoms with Crippen LogP contribution in [0, 0.1) is 5.92 Å². The first-order valence-corrected chi connectivity index (χ1v) is 8.58. The molecule has 1 N–H and O–H groups in total. The lowest BCUT2D eigenvalue weighted by Gasteiger charge is -2.30. The van der Waals surface area contributed by atoms with E-state index in [4.69, 9.17) is 9.47 Å². The largest absolute Gasteiger partial charge is 0.476 e. The number of nitrogens with zero attached hydrogens (tertiary/aromatic N) is 2. The van der Waals surface area contributed by atoms with Crippen molar-refractivity contribution < 1.29 is 9.47 Å². The van der Waals surface area contributed by atoms with E-state index in [9.17, 15) is 0 Å². The van der Waals surface area contributed by atoms with Crippen molar-refractivity contribution in [1.29, 1.82) is 0 Å². The molecule has 1 aromatic carbocycles. The number of aromatic nitrogens is 2. The van der Waals surface area contributed by atoms with Crippen LogP contribution in [-0.2, 0) is 4.74 Å². The first kappa shape index (κ1) is 16.7. The van der Waals surface area contributed by atoms with Gasteiger partial charge in [0.25, 0.3) is 0 Å². The first-order chi connectivity index (χ1) is 11.7. The van der Waals surface area contributed by atoms with Crippen LogP contribution in [-0.4, -0.2) is 29.2 Å². The molecule has 24 heavy (non-hydrogen) atoms. The average molecular weight is 327 g/mol. The summed E-state index contributed by atoms with van der Waals surface area (Å²) in [7, 11) is 0. The van der Waals surface area contributed by atoms with Gasteiger partial charge in [-0.1, -0.05) is 44.2 Å². The molecule has 1 aliphatic rings. The summed E-state index contributed by atoms with van der Waals surface area (Å²) < 4.78 is 11.6. The van der Waals surface area contributed by atoms with Crippen molar-refractivity contribution in [2.24, 2.45) is 5.92 Å². The zero-order valence-corrected chi connectivity index (χ0v) is 14.3. The topological polar surface area (TPSA) is 56.3 Å². The van der Waals surface area contributed by atoms with Crippen LogP contribution in [0.5, 0.6) is 5.88 Å². The normalized spacial score (nSPS) is 20.8. The third-order valence-electron chi connectivity index (χ3n) is 3.98. The fourth-order valence-corrected chi connectivity index (χ4v) is 2.78. The van der Waals surface area contributed by atoms with Gasteiger partial charge in [-0.2, -0.15) is 4.98 Å². The molecule has 0 saturated carbocycles. The minimum Gasteiger partial charge on any atom is -0.476 e. The van der Waals surface area contributed by atoms with Gasteiger partial charge in [0, 0.05) is 12.6 Å². The Morgan fingerprint density at radius 2 is 2.08 bits per heavy atom. The Morgan fingerprint density at radius 3 is 2.88 bits per heavy atom. The van der Waals surface area contributed by atoms with E-state index in [0.717, 1.165) is 25.3 Å². The summed E-state index contributed by atoms with van der Waals surface area (Å²) in [6, 6.07) is 10.7. The molecular weight excluding hydrogens is 302 g/mol. The fourth-order valence-electron chi connectivity index (χ4n) is 2.78. The second-order valence-electron chi connectivity index (χ2n) is 6.58. The molecule has 0 amide bonds. The van der Waals surface area contributed by atoms with E-state index in [1.807, 2.05) is 6.07 Å². The highest BCUT2D eigenvalue weighted by Gasteiger charge is 2.24. The van der Waals surface area contributed by atoms with E-state index >= 15 is 0 Å². The molecule has 2 atom stereocenters. The Labute approximate surface area is 143 Å². The van der Waals surface area contributed by atoms with Gasteiger partial charge < -0.3 is 14.8 Å². The molecule has 3 rings (SSSR count). The monoisotopic (exact) mass is 327 g/mol. The summed E-state index contributed by atoms with van der Waals surface area (Å²) in [5, 5.41) is 3.48. The van der Waals surface area contributed by atoms with E-state index < -0.39 is 0 Å². The predicted octanol–water partition coefficient (Wildman–Crippen LogP) is 3.84. The average Bonchev–Trinajstić information content (AvgIpc) is 2.61. The zero-order chi connectivity index (χ0) is 16.8. The van der Waals surface area contributed by atoms with Gasteiger partial charge in [0.15, 0.2) is 0 Å². The standard InChI is InChI=1S/C19H25N3O2/c1-14(2)13-24-19-12-20-11-18(22-19)21-16-8-9-23-17(10-16)15-6-4-3-5-7-15/h3-7,11-12,14,16-17H,8-10,13H2,1-2H3,(H,21,22). The molecule has 2 unspecified atom stereocenters. The molecule has 1 fully saturated rings. The third-order valence-corrected chi connectivity index (χ3v) is 3.98. The summed E-state index contributed by atoms with van der Waals surface area (Å²) in [4.78, 5) is 8.72. The molecule has 2 heterocycles. The van der Waals surface area contributed by atoms with Crippen molar-refractivity contribution in [3.63, 3.8) is 0 Å². The van der Waals surface area contributed by atoms with Gasteiger partial charge in [0.05, 0.1) is 25.1 Å². The van der Waals surface area contributed by atoms with E-state index in [1.54, 1.807) is 12.4 Å². The number of benzene rings is 1. The highest BCUT2D eigenvalue weighted by atomic mass is 16.5. The van der Waals surface area contributed by atoms with Crippen molar-refractivity contribution in [3.05, 3.63) is 48.3 Å². The summed E-state index contributed by atoms with van der Waals surface area (Å²) >= 11 is 0. The maximum atomic E-state index is 5.92. The number of rotatable bonds is 6.